The number of anilines is 1. The first-order valence-corrected chi connectivity index (χ1v) is 5.92. The van der Waals surface area contributed by atoms with Gasteiger partial charge in [-0.05, 0) is 30.2 Å². The minimum atomic E-state index is -0.243. The highest BCUT2D eigenvalue weighted by atomic mass is 19.1. The highest BCUT2D eigenvalue weighted by Gasteiger charge is 2.15. The summed E-state index contributed by atoms with van der Waals surface area (Å²) in [5.74, 6) is 0.862. The fraction of sp³-hybridized carbons (Fsp3) is 0.286. The van der Waals surface area contributed by atoms with Crippen LogP contribution in [0.3, 0.4) is 0 Å². The van der Waals surface area contributed by atoms with Crippen LogP contribution < -0.4 is 5.32 Å². The maximum atomic E-state index is 13.0. The highest BCUT2D eigenvalue weighted by Crippen LogP contribution is 2.31. The maximum Gasteiger partial charge on any atom is 0.133 e. The quantitative estimate of drug-likeness (QED) is 0.900. The first-order chi connectivity index (χ1) is 8.63. The van der Waals surface area contributed by atoms with Gasteiger partial charge in [0.1, 0.15) is 18.0 Å². The van der Waals surface area contributed by atoms with Crippen molar-refractivity contribution in [3.63, 3.8) is 0 Å². The van der Waals surface area contributed by atoms with Crippen molar-refractivity contribution in [2.45, 2.75) is 19.8 Å². The number of nitrogens with one attached hydrogen (secondary N) is 1. The Hall–Kier alpha value is -1.97. The van der Waals surface area contributed by atoms with Gasteiger partial charge in [-0.2, -0.15) is 0 Å². The second-order valence-electron chi connectivity index (χ2n) is 4.40. The number of rotatable bonds is 3. The zero-order valence-corrected chi connectivity index (χ0v) is 10.7. The molecule has 2 rings (SSSR count). The van der Waals surface area contributed by atoms with Crippen LogP contribution in [0.1, 0.15) is 25.3 Å². The van der Waals surface area contributed by atoms with Crippen LogP contribution in [0.4, 0.5) is 10.2 Å². The van der Waals surface area contributed by atoms with E-state index in [1.807, 2.05) is 7.05 Å². The summed E-state index contributed by atoms with van der Waals surface area (Å²) in [5, 5.41) is 3.07. The lowest BCUT2D eigenvalue weighted by Gasteiger charge is -2.15. The van der Waals surface area contributed by atoms with E-state index in [9.17, 15) is 4.39 Å². The Balaban J connectivity index is 2.59. The van der Waals surface area contributed by atoms with Gasteiger partial charge in [0.05, 0.1) is 5.69 Å². The first-order valence-electron chi connectivity index (χ1n) is 5.92. The standard InChI is InChI=1S/C14H16FN3/c1-9(2)12-13(17-8-18-14(12)16-3)10-4-6-11(15)7-5-10/h4-9H,1-3H3,(H,16,17,18). The Kier molecular flexibility index (Phi) is 3.55. The fourth-order valence-corrected chi connectivity index (χ4v) is 1.98. The molecule has 1 aromatic carbocycles. The summed E-state index contributed by atoms with van der Waals surface area (Å²) >= 11 is 0. The molecule has 1 N–H and O–H groups in total. The third kappa shape index (κ3) is 2.32. The molecule has 3 nitrogen and oxygen atoms in total. The minimum absolute atomic E-state index is 0.243. The predicted octanol–water partition coefficient (Wildman–Crippen LogP) is 3.45. The Labute approximate surface area is 106 Å². The normalized spacial score (nSPS) is 10.7. The van der Waals surface area contributed by atoms with E-state index in [0.29, 0.717) is 0 Å². The van der Waals surface area contributed by atoms with E-state index < -0.39 is 0 Å². The molecule has 0 fully saturated rings. The molecule has 1 aromatic heterocycles. The Morgan fingerprint density at radius 3 is 2.33 bits per heavy atom. The molecular weight excluding hydrogens is 229 g/mol. The van der Waals surface area contributed by atoms with Crippen LogP contribution in [-0.2, 0) is 0 Å². The van der Waals surface area contributed by atoms with Crippen LogP contribution in [0.15, 0.2) is 30.6 Å². The monoisotopic (exact) mass is 245 g/mol. The van der Waals surface area contributed by atoms with Gasteiger partial charge in [-0.3, -0.25) is 0 Å². The molecule has 0 aliphatic carbocycles. The van der Waals surface area contributed by atoms with Gasteiger partial charge < -0.3 is 5.32 Å². The van der Waals surface area contributed by atoms with E-state index in [1.165, 1.54) is 18.5 Å². The molecule has 4 heteroatoms. The molecule has 18 heavy (non-hydrogen) atoms. The van der Waals surface area contributed by atoms with Crippen molar-refractivity contribution >= 4 is 5.82 Å². The van der Waals surface area contributed by atoms with Crippen molar-refractivity contribution in [2.24, 2.45) is 0 Å². The summed E-state index contributed by atoms with van der Waals surface area (Å²) in [6, 6.07) is 6.37. The molecule has 0 saturated heterocycles. The molecule has 0 spiro atoms. The number of hydrogen-bond acceptors (Lipinski definition) is 3. The Morgan fingerprint density at radius 2 is 1.78 bits per heavy atom. The summed E-state index contributed by atoms with van der Waals surface area (Å²) in [7, 11) is 1.84. The van der Waals surface area contributed by atoms with Gasteiger partial charge in [0.2, 0.25) is 0 Å². The van der Waals surface area contributed by atoms with Crippen molar-refractivity contribution in [3.8, 4) is 11.3 Å². The highest BCUT2D eigenvalue weighted by molar-refractivity contribution is 5.69. The number of hydrogen-bond donors (Lipinski definition) is 1. The van der Waals surface area contributed by atoms with Crippen LogP contribution in [0.5, 0.6) is 0 Å². The van der Waals surface area contributed by atoms with Crippen LogP contribution in [0.25, 0.3) is 11.3 Å². The van der Waals surface area contributed by atoms with E-state index in [4.69, 9.17) is 0 Å². The SMILES string of the molecule is CNc1ncnc(-c2ccc(F)cc2)c1C(C)C. The molecule has 0 atom stereocenters. The molecule has 0 unspecified atom stereocenters. The topological polar surface area (TPSA) is 37.8 Å². The number of halogens is 1. The summed E-state index contributed by atoms with van der Waals surface area (Å²) < 4.78 is 13.0. The molecule has 0 aliphatic rings. The molecule has 1 heterocycles. The van der Waals surface area contributed by atoms with Gasteiger partial charge in [-0.15, -0.1) is 0 Å². The summed E-state index contributed by atoms with van der Waals surface area (Å²) in [6.45, 7) is 4.18. The van der Waals surface area contributed by atoms with E-state index in [2.05, 4.69) is 29.1 Å². The Bertz CT molecular complexity index is 535. The number of benzene rings is 1. The second kappa shape index (κ2) is 5.12. The maximum absolute atomic E-state index is 13.0. The molecular formula is C14H16FN3. The van der Waals surface area contributed by atoms with Gasteiger partial charge in [-0.1, -0.05) is 13.8 Å². The van der Waals surface area contributed by atoms with E-state index in [0.717, 1.165) is 22.6 Å². The van der Waals surface area contributed by atoms with Crippen LogP contribution >= 0.6 is 0 Å². The van der Waals surface area contributed by atoms with Gasteiger partial charge in [0.25, 0.3) is 0 Å². The summed E-state index contributed by atoms with van der Waals surface area (Å²) in [6.07, 6.45) is 1.52. The lowest BCUT2D eigenvalue weighted by Crippen LogP contribution is -2.04. The molecule has 94 valence electrons. The van der Waals surface area contributed by atoms with Gasteiger partial charge in [0, 0.05) is 18.2 Å². The fourth-order valence-electron chi connectivity index (χ4n) is 1.98. The third-order valence-electron chi connectivity index (χ3n) is 2.82. The zero-order chi connectivity index (χ0) is 13.1. The number of nitrogens with zero attached hydrogens (tertiary/aromatic N) is 2. The van der Waals surface area contributed by atoms with E-state index in [-0.39, 0.29) is 11.7 Å². The van der Waals surface area contributed by atoms with Gasteiger partial charge in [0.15, 0.2) is 0 Å². The molecule has 0 radical (unpaired) electrons. The largest absolute Gasteiger partial charge is 0.373 e. The Morgan fingerprint density at radius 1 is 1.11 bits per heavy atom. The zero-order valence-electron chi connectivity index (χ0n) is 10.7. The van der Waals surface area contributed by atoms with Crippen molar-refractivity contribution in [1.82, 2.24) is 9.97 Å². The van der Waals surface area contributed by atoms with Crippen LogP contribution in [0, 0.1) is 5.82 Å². The second-order valence-corrected chi connectivity index (χ2v) is 4.40. The lowest BCUT2D eigenvalue weighted by atomic mass is 9.97. The summed E-state index contributed by atoms with van der Waals surface area (Å²) in [4.78, 5) is 8.56. The molecule has 0 amide bonds. The predicted molar refractivity (Wildman–Crippen MR) is 71.1 cm³/mol. The average molecular weight is 245 g/mol. The molecule has 0 saturated carbocycles. The molecule has 2 aromatic rings. The van der Waals surface area contributed by atoms with Crippen molar-refractivity contribution in [3.05, 3.63) is 42.0 Å². The van der Waals surface area contributed by atoms with Crippen molar-refractivity contribution in [2.75, 3.05) is 12.4 Å². The summed E-state index contributed by atoms with van der Waals surface area (Å²) in [5.41, 5.74) is 2.80. The molecule has 0 aliphatic heterocycles. The van der Waals surface area contributed by atoms with E-state index in [1.54, 1.807) is 12.1 Å². The van der Waals surface area contributed by atoms with Crippen molar-refractivity contribution < 1.29 is 4.39 Å². The average Bonchev–Trinajstić information content (AvgIpc) is 2.38. The van der Waals surface area contributed by atoms with Crippen molar-refractivity contribution in [1.29, 1.82) is 0 Å². The van der Waals surface area contributed by atoms with E-state index >= 15 is 0 Å². The third-order valence-corrected chi connectivity index (χ3v) is 2.82. The lowest BCUT2D eigenvalue weighted by molar-refractivity contribution is 0.628. The first kappa shape index (κ1) is 12.5. The smallest absolute Gasteiger partial charge is 0.133 e. The minimum Gasteiger partial charge on any atom is -0.373 e. The van der Waals surface area contributed by atoms with Gasteiger partial charge >= 0.3 is 0 Å². The van der Waals surface area contributed by atoms with Gasteiger partial charge in [-0.25, -0.2) is 14.4 Å². The number of aromatic nitrogens is 2. The van der Waals surface area contributed by atoms with Crippen LogP contribution in [0.2, 0.25) is 0 Å². The van der Waals surface area contributed by atoms with Crippen LogP contribution in [-0.4, -0.2) is 17.0 Å². The molecule has 0 bridgehead atoms.